The van der Waals surface area contributed by atoms with Crippen LogP contribution in [0.2, 0.25) is 0 Å². The van der Waals surface area contributed by atoms with Crippen LogP contribution in [0.4, 0.5) is 17.2 Å². The zero-order chi connectivity index (χ0) is 23.2. The van der Waals surface area contributed by atoms with Gasteiger partial charge in [0.2, 0.25) is 5.43 Å². The van der Waals surface area contributed by atoms with Gasteiger partial charge in [0.05, 0.1) is 32.5 Å². The molecule has 0 bridgehead atoms. The second kappa shape index (κ2) is 8.40. The second-order valence-electron chi connectivity index (χ2n) is 8.45. The third-order valence-electron chi connectivity index (χ3n) is 6.61. The number of ether oxygens (including phenoxy) is 1. The fraction of sp³-hybridized carbons (Fsp3) is 0.348. The molecule has 1 aliphatic heterocycles. The molecule has 0 amide bonds. The molecular weight excluding hydrogens is 537 g/mol. The summed E-state index contributed by atoms with van der Waals surface area (Å²) in [5.41, 5.74) is 6.95. The number of nitrogens with zero attached hydrogens (tertiary/aromatic N) is 2. The van der Waals surface area contributed by atoms with E-state index in [1.54, 1.807) is 6.20 Å². The van der Waals surface area contributed by atoms with Crippen molar-refractivity contribution in [1.82, 2.24) is 9.55 Å². The molecule has 5 rings (SSSR count). The zero-order valence-corrected chi connectivity index (χ0v) is 20.0. The number of carbonyl (C=O) groups is 1. The van der Waals surface area contributed by atoms with Crippen molar-refractivity contribution in [3.63, 3.8) is 0 Å². The van der Waals surface area contributed by atoms with Gasteiger partial charge in [0.25, 0.3) is 0 Å². The van der Waals surface area contributed by atoms with E-state index in [1.165, 1.54) is 6.20 Å². The van der Waals surface area contributed by atoms with E-state index in [0.717, 1.165) is 37.2 Å². The summed E-state index contributed by atoms with van der Waals surface area (Å²) in [7, 11) is 0. The van der Waals surface area contributed by atoms with E-state index in [0.29, 0.717) is 34.5 Å². The van der Waals surface area contributed by atoms with Gasteiger partial charge in [-0.15, -0.1) is 0 Å². The van der Waals surface area contributed by atoms with Gasteiger partial charge in [-0.3, -0.25) is 4.79 Å². The predicted molar refractivity (Wildman–Crippen MR) is 135 cm³/mol. The second-order valence-corrected chi connectivity index (χ2v) is 9.53. The van der Waals surface area contributed by atoms with Gasteiger partial charge < -0.3 is 30.8 Å². The molecule has 2 aliphatic rings. The van der Waals surface area contributed by atoms with Gasteiger partial charge in [-0.1, -0.05) is 6.07 Å². The van der Waals surface area contributed by atoms with Gasteiger partial charge in [-0.25, -0.2) is 9.78 Å². The van der Waals surface area contributed by atoms with E-state index in [9.17, 15) is 14.7 Å². The van der Waals surface area contributed by atoms with Crippen LogP contribution in [0.25, 0.3) is 10.9 Å². The number of nitrogens with one attached hydrogen (secondary N) is 2. The maximum atomic E-state index is 13.2. The third-order valence-corrected chi connectivity index (χ3v) is 7.73. The number of anilines is 3. The van der Waals surface area contributed by atoms with Crippen molar-refractivity contribution in [2.24, 2.45) is 0 Å². The SMILES string of the molecule is Nc1c(I)c(NCCNc2ccccn2)c2c3c1c(=O)c(C(=O)O)cn3C1(CCC1)CCO2. The van der Waals surface area contributed by atoms with Crippen molar-refractivity contribution in [2.75, 3.05) is 36.1 Å². The molecule has 1 aromatic carbocycles. The molecule has 33 heavy (non-hydrogen) atoms. The molecule has 2 aromatic heterocycles. The lowest BCUT2D eigenvalue weighted by atomic mass is 9.74. The lowest BCUT2D eigenvalue weighted by molar-refractivity contribution is 0.0691. The van der Waals surface area contributed by atoms with Crippen molar-refractivity contribution >= 4 is 56.7 Å². The number of pyridine rings is 2. The Labute approximate surface area is 203 Å². The maximum absolute atomic E-state index is 13.2. The van der Waals surface area contributed by atoms with Crippen LogP contribution in [0.1, 0.15) is 36.0 Å². The number of benzene rings is 1. The lowest BCUT2D eigenvalue weighted by Gasteiger charge is -2.44. The predicted octanol–water partition coefficient (Wildman–Crippen LogP) is 3.47. The van der Waals surface area contributed by atoms with Gasteiger partial charge >= 0.3 is 5.97 Å². The highest BCUT2D eigenvalue weighted by atomic mass is 127. The molecule has 1 saturated carbocycles. The number of halogens is 1. The Morgan fingerprint density at radius 1 is 1.27 bits per heavy atom. The minimum Gasteiger partial charge on any atom is -0.489 e. The molecular formula is C23H24IN5O4. The molecule has 5 N–H and O–H groups in total. The largest absolute Gasteiger partial charge is 0.489 e. The molecule has 1 spiro atoms. The first-order valence-electron chi connectivity index (χ1n) is 10.9. The van der Waals surface area contributed by atoms with E-state index >= 15 is 0 Å². The fourth-order valence-electron chi connectivity index (χ4n) is 4.76. The average Bonchev–Trinajstić information content (AvgIpc) is 2.95. The Kier molecular flexibility index (Phi) is 5.55. The van der Waals surface area contributed by atoms with Crippen LogP contribution >= 0.6 is 22.6 Å². The number of aromatic nitrogens is 2. The molecule has 10 heteroatoms. The third kappa shape index (κ3) is 3.56. The Morgan fingerprint density at radius 3 is 2.73 bits per heavy atom. The van der Waals surface area contributed by atoms with Crippen LogP contribution in [-0.4, -0.2) is 40.3 Å². The van der Waals surface area contributed by atoms with E-state index in [2.05, 4.69) is 38.2 Å². The number of nitrogen functional groups attached to an aromatic ring is 1. The molecule has 0 atom stereocenters. The Balaban J connectivity index is 1.61. The van der Waals surface area contributed by atoms with Gasteiger partial charge in [0.15, 0.2) is 5.75 Å². The topological polar surface area (TPSA) is 131 Å². The average molecular weight is 561 g/mol. The first-order valence-corrected chi connectivity index (χ1v) is 12.0. The Bertz CT molecular complexity index is 1300. The summed E-state index contributed by atoms with van der Waals surface area (Å²) in [6.45, 7) is 1.66. The summed E-state index contributed by atoms with van der Waals surface area (Å²) in [6.07, 6.45) is 6.84. The van der Waals surface area contributed by atoms with Gasteiger partial charge in [-0.2, -0.15) is 0 Å². The maximum Gasteiger partial charge on any atom is 0.341 e. The monoisotopic (exact) mass is 561 g/mol. The summed E-state index contributed by atoms with van der Waals surface area (Å²) in [5, 5.41) is 16.6. The van der Waals surface area contributed by atoms with Gasteiger partial charge in [0, 0.05) is 37.4 Å². The van der Waals surface area contributed by atoms with Crippen LogP contribution < -0.4 is 26.5 Å². The minimum atomic E-state index is -1.25. The van der Waals surface area contributed by atoms with Crippen molar-refractivity contribution < 1.29 is 14.6 Å². The van der Waals surface area contributed by atoms with Crippen molar-refractivity contribution in [1.29, 1.82) is 0 Å². The lowest BCUT2D eigenvalue weighted by Crippen LogP contribution is -2.42. The normalized spacial score (nSPS) is 16.0. The van der Waals surface area contributed by atoms with Crippen LogP contribution in [-0.2, 0) is 5.54 Å². The first-order chi connectivity index (χ1) is 15.9. The van der Waals surface area contributed by atoms with Crippen LogP contribution in [0.15, 0.2) is 35.4 Å². The van der Waals surface area contributed by atoms with Crippen molar-refractivity contribution in [2.45, 2.75) is 31.2 Å². The number of hydrogen-bond donors (Lipinski definition) is 4. The van der Waals surface area contributed by atoms with Crippen molar-refractivity contribution in [3.05, 3.63) is 49.9 Å². The molecule has 172 valence electrons. The first kappa shape index (κ1) is 21.8. The molecule has 1 fully saturated rings. The van der Waals surface area contributed by atoms with Gasteiger partial charge in [0.1, 0.15) is 11.4 Å². The summed E-state index contributed by atoms with van der Waals surface area (Å²) >= 11 is 2.10. The number of aromatic carboxylic acids is 1. The minimum absolute atomic E-state index is 0.222. The summed E-state index contributed by atoms with van der Waals surface area (Å²) < 4.78 is 8.83. The molecule has 0 saturated heterocycles. The van der Waals surface area contributed by atoms with Gasteiger partial charge in [-0.05, 0) is 54.0 Å². The van der Waals surface area contributed by atoms with Crippen LogP contribution in [0.3, 0.4) is 0 Å². The highest BCUT2D eigenvalue weighted by Crippen LogP contribution is 2.50. The van der Waals surface area contributed by atoms with E-state index in [1.807, 2.05) is 22.8 Å². The molecule has 3 aromatic rings. The molecule has 0 unspecified atom stereocenters. The molecule has 3 heterocycles. The molecule has 1 aliphatic carbocycles. The zero-order valence-electron chi connectivity index (χ0n) is 17.9. The Hall–Kier alpha value is -3.02. The molecule has 9 nitrogen and oxygen atoms in total. The van der Waals surface area contributed by atoms with Crippen LogP contribution in [0, 0.1) is 3.57 Å². The number of fused-ring (bicyclic) bond motifs is 1. The van der Waals surface area contributed by atoms with Crippen molar-refractivity contribution in [3.8, 4) is 5.75 Å². The smallest absolute Gasteiger partial charge is 0.341 e. The summed E-state index contributed by atoms with van der Waals surface area (Å²) in [4.78, 5) is 29.3. The number of carboxylic acids is 1. The highest BCUT2D eigenvalue weighted by Gasteiger charge is 2.42. The number of carboxylic acid groups (broad SMARTS) is 1. The Morgan fingerprint density at radius 2 is 2.06 bits per heavy atom. The van der Waals surface area contributed by atoms with E-state index in [4.69, 9.17) is 10.5 Å². The molecule has 0 radical (unpaired) electrons. The standard InChI is InChI=1S/C23H24IN5O4/c24-16-17(25)15-19-21(18(16)28-10-9-27-14-4-1-2-8-26-14)33-11-7-23(5-3-6-23)29(19)12-13(20(15)30)22(31)32/h1-2,4,8,12,28H,3,5-7,9-11,25H2,(H,26,27)(H,31,32). The van der Waals surface area contributed by atoms with E-state index < -0.39 is 11.4 Å². The summed E-state index contributed by atoms with van der Waals surface area (Å²) in [5.74, 6) is 0.0895. The van der Waals surface area contributed by atoms with E-state index in [-0.39, 0.29) is 22.2 Å². The summed E-state index contributed by atoms with van der Waals surface area (Å²) in [6, 6.07) is 5.67. The number of rotatable bonds is 6. The fourth-order valence-corrected chi connectivity index (χ4v) is 5.47. The number of hydrogen-bond acceptors (Lipinski definition) is 7. The number of nitrogens with two attached hydrogens (primary N) is 1. The quantitative estimate of drug-likeness (QED) is 0.205. The highest BCUT2D eigenvalue weighted by molar-refractivity contribution is 14.1. The van der Waals surface area contributed by atoms with Crippen LogP contribution in [0.5, 0.6) is 5.75 Å².